The molecule has 1 N–H and O–H groups in total. The molecule has 1 fully saturated rings. The molecule has 0 radical (unpaired) electrons. The maximum Gasteiger partial charge on any atom is 0.333 e. The van der Waals surface area contributed by atoms with E-state index in [1.807, 2.05) is 13.8 Å². The van der Waals surface area contributed by atoms with E-state index < -0.39 is 5.97 Å². The Bertz CT molecular complexity index is 740. The first-order valence-electron chi connectivity index (χ1n) is 10.8. The maximum atomic E-state index is 12.4. The van der Waals surface area contributed by atoms with Gasteiger partial charge in [-0.15, -0.1) is 0 Å². The topological polar surface area (TPSA) is 63.6 Å². The Morgan fingerprint density at radius 3 is 2.48 bits per heavy atom. The predicted molar refractivity (Wildman–Crippen MR) is 116 cm³/mol. The van der Waals surface area contributed by atoms with E-state index in [1.165, 1.54) is 11.6 Å². The van der Waals surface area contributed by atoms with Crippen molar-refractivity contribution in [1.29, 1.82) is 0 Å². The summed E-state index contributed by atoms with van der Waals surface area (Å²) < 4.78 is 5.94. The van der Waals surface area contributed by atoms with Crippen LogP contribution >= 0.6 is 0 Å². The molecule has 1 saturated carbocycles. The van der Waals surface area contributed by atoms with Crippen LogP contribution in [0.4, 0.5) is 0 Å². The molecule has 2 aliphatic rings. The number of hydrogen-bond acceptors (Lipinski definition) is 3. The van der Waals surface area contributed by atoms with E-state index in [9.17, 15) is 9.59 Å². The first-order valence-corrected chi connectivity index (χ1v) is 10.8. The van der Waals surface area contributed by atoms with Gasteiger partial charge in [-0.25, -0.2) is 9.59 Å². The number of carboxylic acid groups (broad SMARTS) is 1. The Hall–Kier alpha value is -1.84. The van der Waals surface area contributed by atoms with Crippen LogP contribution in [0.1, 0.15) is 80.6 Å². The van der Waals surface area contributed by atoms with E-state index >= 15 is 0 Å². The smallest absolute Gasteiger partial charge is 0.333 e. The molecule has 2 rings (SSSR count). The first-order chi connectivity index (χ1) is 13.4. The van der Waals surface area contributed by atoms with Gasteiger partial charge in [0.1, 0.15) is 6.10 Å². The molecule has 0 unspecified atom stereocenters. The number of esters is 1. The van der Waals surface area contributed by atoms with E-state index in [1.54, 1.807) is 13.0 Å². The van der Waals surface area contributed by atoms with E-state index in [0.29, 0.717) is 17.4 Å². The monoisotopic (exact) mass is 402 g/mol. The third kappa shape index (κ3) is 5.21. The molecule has 0 aromatic rings. The van der Waals surface area contributed by atoms with Crippen LogP contribution in [-0.2, 0) is 14.3 Å². The van der Waals surface area contributed by atoms with Crippen molar-refractivity contribution in [3.63, 3.8) is 0 Å². The van der Waals surface area contributed by atoms with Crippen LogP contribution in [-0.4, -0.2) is 23.1 Å². The molecule has 0 spiro atoms. The van der Waals surface area contributed by atoms with Crippen molar-refractivity contribution in [2.75, 3.05) is 0 Å². The van der Waals surface area contributed by atoms with Crippen molar-refractivity contribution in [2.24, 2.45) is 22.7 Å². The normalized spacial score (nSPS) is 32.2. The highest BCUT2D eigenvalue weighted by molar-refractivity contribution is 5.87. The third-order valence-corrected chi connectivity index (χ3v) is 7.41. The third-order valence-electron chi connectivity index (χ3n) is 7.41. The fraction of sp³-hybridized carbons (Fsp3) is 0.680. The SMILES string of the molecule is C/C=C(/C)C(=O)O[C@@H]1CC(C)(C)[C@H]2CC=C(C)[C@@H](CC/C(C)=C/C(=O)O)[C@@]2(C)C1. The lowest BCUT2D eigenvalue weighted by Crippen LogP contribution is -2.53. The van der Waals surface area contributed by atoms with Gasteiger partial charge in [-0.3, -0.25) is 0 Å². The number of fused-ring (bicyclic) bond motifs is 1. The first kappa shape index (κ1) is 23.4. The minimum atomic E-state index is -0.882. The van der Waals surface area contributed by atoms with Gasteiger partial charge in [0.15, 0.2) is 0 Å². The maximum absolute atomic E-state index is 12.4. The van der Waals surface area contributed by atoms with Gasteiger partial charge in [-0.05, 0) is 82.5 Å². The van der Waals surface area contributed by atoms with Crippen LogP contribution in [0.2, 0.25) is 0 Å². The number of rotatable bonds is 6. The second kappa shape index (κ2) is 8.89. The highest BCUT2D eigenvalue weighted by Crippen LogP contribution is 2.61. The largest absolute Gasteiger partial charge is 0.478 e. The highest BCUT2D eigenvalue weighted by Gasteiger charge is 2.55. The van der Waals surface area contributed by atoms with E-state index in [4.69, 9.17) is 9.84 Å². The van der Waals surface area contributed by atoms with E-state index in [0.717, 1.165) is 37.7 Å². The molecule has 0 aromatic carbocycles. The summed E-state index contributed by atoms with van der Waals surface area (Å²) in [6, 6.07) is 0. The molecule has 29 heavy (non-hydrogen) atoms. The molecule has 4 nitrogen and oxygen atoms in total. The zero-order chi connectivity index (χ0) is 22.0. The lowest BCUT2D eigenvalue weighted by Gasteiger charge is -2.58. The molecule has 0 heterocycles. The van der Waals surface area contributed by atoms with Gasteiger partial charge < -0.3 is 9.84 Å². The van der Waals surface area contributed by atoms with Crippen molar-refractivity contribution in [3.8, 4) is 0 Å². The number of allylic oxidation sites excluding steroid dienone is 4. The van der Waals surface area contributed by atoms with Gasteiger partial charge >= 0.3 is 11.9 Å². The molecule has 2 aliphatic carbocycles. The molecule has 0 bridgehead atoms. The second-order valence-corrected chi connectivity index (χ2v) is 10.1. The zero-order valence-electron chi connectivity index (χ0n) is 19.2. The zero-order valence-corrected chi connectivity index (χ0v) is 19.2. The average Bonchev–Trinajstić information content (AvgIpc) is 2.58. The standard InChI is InChI=1S/C25H38O4/c1-8-17(3)23(28)29-19-14-24(5,6)21-12-10-18(4)20(25(21,7)15-19)11-9-16(2)13-22(26)27/h8,10,13,19-21H,9,11-12,14-15H2,1-7H3,(H,26,27)/b16-13+,17-8-/t19-,20-,21-,25-/m1/s1. The van der Waals surface area contributed by atoms with Gasteiger partial charge in [-0.1, -0.05) is 44.1 Å². The van der Waals surface area contributed by atoms with Crippen molar-refractivity contribution >= 4 is 11.9 Å². The molecular weight excluding hydrogens is 364 g/mol. The quantitative estimate of drug-likeness (QED) is 0.332. The summed E-state index contributed by atoms with van der Waals surface area (Å²) in [5.41, 5.74) is 3.04. The van der Waals surface area contributed by atoms with Crippen molar-refractivity contribution in [2.45, 2.75) is 86.7 Å². The number of carbonyl (C=O) groups excluding carboxylic acids is 1. The number of hydrogen-bond donors (Lipinski definition) is 1. The van der Waals surface area contributed by atoms with Crippen molar-refractivity contribution < 1.29 is 19.4 Å². The second-order valence-electron chi connectivity index (χ2n) is 10.1. The van der Waals surface area contributed by atoms with Crippen LogP contribution in [0.25, 0.3) is 0 Å². The fourth-order valence-corrected chi connectivity index (χ4v) is 5.92. The van der Waals surface area contributed by atoms with Gasteiger partial charge in [0.25, 0.3) is 0 Å². The summed E-state index contributed by atoms with van der Waals surface area (Å²) in [7, 11) is 0. The molecular formula is C25H38O4. The summed E-state index contributed by atoms with van der Waals surface area (Å²) in [5, 5.41) is 9.02. The number of aliphatic carboxylic acids is 1. The van der Waals surface area contributed by atoms with Crippen LogP contribution in [0.3, 0.4) is 0 Å². The lowest BCUT2D eigenvalue weighted by atomic mass is 9.47. The van der Waals surface area contributed by atoms with Crippen LogP contribution in [0.5, 0.6) is 0 Å². The Labute approximate surface area is 176 Å². The predicted octanol–water partition coefficient (Wildman–Crippen LogP) is 6.08. The van der Waals surface area contributed by atoms with Crippen LogP contribution < -0.4 is 0 Å². The van der Waals surface area contributed by atoms with Crippen LogP contribution in [0, 0.1) is 22.7 Å². The Balaban J connectivity index is 2.29. The lowest BCUT2D eigenvalue weighted by molar-refractivity contribution is -0.159. The summed E-state index contributed by atoms with van der Waals surface area (Å²) in [5.74, 6) is -0.213. The Morgan fingerprint density at radius 1 is 1.24 bits per heavy atom. The molecule has 162 valence electrons. The van der Waals surface area contributed by atoms with Crippen molar-refractivity contribution in [3.05, 3.63) is 34.9 Å². The summed E-state index contributed by atoms with van der Waals surface area (Å²) in [6.45, 7) is 14.7. The highest BCUT2D eigenvalue weighted by atomic mass is 16.5. The van der Waals surface area contributed by atoms with Gasteiger partial charge in [0.05, 0.1) is 0 Å². The van der Waals surface area contributed by atoms with Gasteiger partial charge in [0, 0.05) is 11.6 Å². The number of carboxylic acids is 1. The molecule has 4 atom stereocenters. The minimum absolute atomic E-state index is 0.0267. The minimum Gasteiger partial charge on any atom is -0.478 e. The summed E-state index contributed by atoms with van der Waals surface area (Å²) >= 11 is 0. The van der Waals surface area contributed by atoms with E-state index in [2.05, 4.69) is 33.8 Å². The average molecular weight is 403 g/mol. The Morgan fingerprint density at radius 2 is 1.90 bits per heavy atom. The molecule has 4 heteroatoms. The summed E-state index contributed by atoms with van der Waals surface area (Å²) in [6.07, 6.45) is 9.91. The van der Waals surface area contributed by atoms with Crippen molar-refractivity contribution in [1.82, 2.24) is 0 Å². The van der Waals surface area contributed by atoms with Gasteiger partial charge in [-0.2, -0.15) is 0 Å². The van der Waals surface area contributed by atoms with Crippen LogP contribution in [0.15, 0.2) is 34.9 Å². The Kier molecular flexibility index (Phi) is 7.19. The molecule has 0 amide bonds. The molecule has 0 aliphatic heterocycles. The molecule has 0 saturated heterocycles. The van der Waals surface area contributed by atoms with E-state index in [-0.39, 0.29) is 22.9 Å². The fourth-order valence-electron chi connectivity index (χ4n) is 5.92. The van der Waals surface area contributed by atoms with Gasteiger partial charge in [0.2, 0.25) is 0 Å². The molecule has 0 aromatic heterocycles. The number of ether oxygens (including phenoxy) is 1. The number of carbonyl (C=O) groups is 2. The summed E-state index contributed by atoms with van der Waals surface area (Å²) in [4.78, 5) is 23.4.